The van der Waals surface area contributed by atoms with Gasteiger partial charge in [0, 0.05) is 25.6 Å². The van der Waals surface area contributed by atoms with E-state index in [2.05, 4.69) is 27.3 Å². The molecule has 3 aromatic heterocycles. The molecule has 2 aliphatic rings. The molecule has 1 aliphatic heterocycles. The van der Waals surface area contributed by atoms with Crippen molar-refractivity contribution in [2.45, 2.75) is 43.4 Å². The molecule has 0 spiro atoms. The molecule has 240 valence electrons. The lowest BCUT2D eigenvalue weighted by atomic mass is 9.74. The first kappa shape index (κ1) is 31.4. The van der Waals surface area contributed by atoms with E-state index in [4.69, 9.17) is 19.9 Å². The Labute approximate surface area is 260 Å². The Balaban J connectivity index is 1.24. The monoisotopic (exact) mass is 642 g/mol. The van der Waals surface area contributed by atoms with E-state index in [0.29, 0.717) is 29.1 Å². The Morgan fingerprint density at radius 1 is 1.16 bits per heavy atom. The van der Waals surface area contributed by atoms with Gasteiger partial charge in [-0.2, -0.15) is 9.61 Å². The van der Waals surface area contributed by atoms with Crippen molar-refractivity contribution in [2.24, 2.45) is 11.7 Å². The lowest BCUT2D eigenvalue weighted by Crippen LogP contribution is -2.48. The van der Waals surface area contributed by atoms with Gasteiger partial charge in [0.2, 0.25) is 5.95 Å². The first-order chi connectivity index (χ1) is 21.5. The Morgan fingerprint density at radius 3 is 2.56 bits per heavy atom. The number of hydrogen-bond donors (Lipinski definition) is 2. The van der Waals surface area contributed by atoms with Crippen LogP contribution in [-0.4, -0.2) is 79.1 Å². The molecule has 45 heavy (non-hydrogen) atoms. The van der Waals surface area contributed by atoms with Crippen molar-refractivity contribution in [3.8, 4) is 11.3 Å². The number of hydrogen-bond acceptors (Lipinski definition) is 10. The molecular weight excluding hydrogens is 606 g/mol. The number of nitrogens with zero attached hydrogens (tertiary/aromatic N) is 4. The summed E-state index contributed by atoms with van der Waals surface area (Å²) < 4.78 is 72.0. The molecule has 4 heterocycles. The van der Waals surface area contributed by atoms with Gasteiger partial charge < -0.3 is 25.3 Å². The zero-order valence-electron chi connectivity index (χ0n) is 25.2. The average molecular weight is 643 g/mol. The molecule has 4 unspecified atom stereocenters. The third-order valence-corrected chi connectivity index (χ3v) is 9.68. The van der Waals surface area contributed by atoms with E-state index in [0.717, 1.165) is 12.0 Å². The second kappa shape index (κ2) is 12.3. The Morgan fingerprint density at radius 2 is 1.91 bits per heavy atom. The van der Waals surface area contributed by atoms with Gasteiger partial charge in [0.05, 0.1) is 66.5 Å². The molecule has 0 bridgehead atoms. The van der Waals surface area contributed by atoms with Crippen LogP contribution in [0.5, 0.6) is 0 Å². The molecule has 2 fully saturated rings. The molecule has 1 saturated carbocycles. The number of sulfone groups is 1. The second-order valence-electron chi connectivity index (χ2n) is 12.0. The van der Waals surface area contributed by atoms with E-state index < -0.39 is 27.1 Å². The van der Waals surface area contributed by atoms with E-state index in [1.54, 1.807) is 30.7 Å². The van der Waals surface area contributed by atoms with Gasteiger partial charge in [-0.15, -0.1) is 0 Å². The minimum absolute atomic E-state index is 0.0483. The largest absolute Gasteiger partial charge is 0.375 e. The molecule has 0 amide bonds. The summed E-state index contributed by atoms with van der Waals surface area (Å²) in [6.07, 6.45) is 7.35. The smallest absolute Gasteiger partial charge is 0.229 e. The maximum absolute atomic E-state index is 15.4. The van der Waals surface area contributed by atoms with Crippen LogP contribution in [0.25, 0.3) is 16.8 Å². The van der Waals surface area contributed by atoms with Crippen LogP contribution in [-0.2, 0) is 29.6 Å². The summed E-state index contributed by atoms with van der Waals surface area (Å²) in [5.41, 5.74) is 8.19. The Kier molecular flexibility index (Phi) is 8.61. The van der Waals surface area contributed by atoms with Crippen molar-refractivity contribution in [3.05, 3.63) is 71.7 Å². The van der Waals surface area contributed by atoms with Crippen molar-refractivity contribution in [3.63, 3.8) is 0 Å². The number of methoxy groups -OCH3 is 1. The van der Waals surface area contributed by atoms with Gasteiger partial charge in [0.1, 0.15) is 27.1 Å². The number of pyridine rings is 1. The molecule has 3 N–H and O–H groups in total. The van der Waals surface area contributed by atoms with Crippen LogP contribution in [0.15, 0.2) is 48.9 Å². The first-order valence-corrected chi connectivity index (χ1v) is 16.8. The predicted octanol–water partition coefficient (Wildman–Crippen LogP) is 3.96. The number of benzene rings is 1. The van der Waals surface area contributed by atoms with E-state index in [-0.39, 0.29) is 60.8 Å². The van der Waals surface area contributed by atoms with Crippen molar-refractivity contribution in [1.29, 1.82) is 0 Å². The Hall–Kier alpha value is -3.56. The van der Waals surface area contributed by atoms with Crippen molar-refractivity contribution in [2.75, 3.05) is 44.3 Å². The van der Waals surface area contributed by atoms with Gasteiger partial charge in [-0.1, -0.05) is 6.92 Å². The molecule has 11 nitrogen and oxygen atoms in total. The highest BCUT2D eigenvalue weighted by atomic mass is 32.2. The highest BCUT2D eigenvalue weighted by Crippen LogP contribution is 2.40. The molecule has 4 atom stereocenters. The summed E-state index contributed by atoms with van der Waals surface area (Å²) >= 11 is 0. The number of imidazole rings is 1. The molecule has 14 heteroatoms. The zero-order chi connectivity index (χ0) is 31.9. The quantitative estimate of drug-likeness (QED) is 0.261. The molecule has 6 rings (SSSR count). The summed E-state index contributed by atoms with van der Waals surface area (Å²) in [5.74, 6) is -1.06. The van der Waals surface area contributed by atoms with Crippen LogP contribution >= 0.6 is 0 Å². The lowest BCUT2D eigenvalue weighted by Gasteiger charge is -2.40. The molecular formula is C31H36F2N6O5S. The van der Waals surface area contributed by atoms with Gasteiger partial charge >= 0.3 is 0 Å². The summed E-state index contributed by atoms with van der Waals surface area (Å²) in [6, 6.07) is 7.42. The summed E-state index contributed by atoms with van der Waals surface area (Å²) in [6.45, 7) is 2.60. The number of rotatable bonds is 10. The third-order valence-electron chi connectivity index (χ3n) is 8.77. The summed E-state index contributed by atoms with van der Waals surface area (Å²) in [7, 11) is -1.64. The van der Waals surface area contributed by atoms with Crippen LogP contribution in [0.4, 0.5) is 20.4 Å². The predicted molar refractivity (Wildman–Crippen MR) is 164 cm³/mol. The normalized spacial score (nSPS) is 23.2. The van der Waals surface area contributed by atoms with Crippen LogP contribution in [0.1, 0.15) is 36.8 Å². The number of nitrogens with one attached hydrogen (secondary N) is 1. The van der Waals surface area contributed by atoms with Crippen molar-refractivity contribution in [1.82, 2.24) is 19.6 Å². The second-order valence-corrected chi connectivity index (χ2v) is 14.3. The van der Waals surface area contributed by atoms with E-state index in [1.807, 2.05) is 6.07 Å². The van der Waals surface area contributed by atoms with Crippen molar-refractivity contribution < 1.29 is 31.4 Å². The fraction of sp³-hybridized carbons (Fsp3) is 0.452. The molecule has 1 aliphatic carbocycles. The van der Waals surface area contributed by atoms with Crippen LogP contribution < -0.4 is 11.1 Å². The van der Waals surface area contributed by atoms with Gasteiger partial charge in [0.25, 0.3) is 0 Å². The van der Waals surface area contributed by atoms with Crippen LogP contribution in [0.3, 0.4) is 0 Å². The fourth-order valence-corrected chi connectivity index (χ4v) is 6.70. The molecule has 1 saturated heterocycles. The molecule has 4 aromatic rings. The van der Waals surface area contributed by atoms with Gasteiger partial charge in [0.15, 0.2) is 0 Å². The number of halogens is 2. The highest BCUT2D eigenvalue weighted by molar-refractivity contribution is 7.90. The number of aromatic nitrogens is 4. The topological polar surface area (TPSA) is 143 Å². The highest BCUT2D eigenvalue weighted by Gasteiger charge is 2.42. The maximum Gasteiger partial charge on any atom is 0.229 e. The first-order valence-electron chi connectivity index (χ1n) is 14.7. The van der Waals surface area contributed by atoms with E-state index in [9.17, 15) is 8.42 Å². The summed E-state index contributed by atoms with van der Waals surface area (Å²) in [4.78, 5) is 8.78. The molecule has 1 aromatic carbocycles. The van der Waals surface area contributed by atoms with E-state index in [1.165, 1.54) is 30.0 Å². The lowest BCUT2D eigenvalue weighted by molar-refractivity contribution is -0.202. The number of nitrogens with two attached hydrogens (primary N) is 1. The molecule has 0 radical (unpaired) electrons. The standard InChI is InChI=1S/C31H36F2N6O5S/c1-18-10-19(11-25(34)29(18)44-8-9-45(3,40)41)22-6-7-35-15-27(22)37-30-36-14-21-4-5-26(38-39(21)30)28-23(32)12-20(13-24(28)33)31(42-2)16-43-17-31/h4-7,12-15,18-19,25,29H,8-11,16-17,34H2,1-3H3,(H,36,37). The Bertz CT molecular complexity index is 1770. The van der Waals surface area contributed by atoms with Crippen LogP contribution in [0.2, 0.25) is 0 Å². The van der Waals surface area contributed by atoms with Gasteiger partial charge in [-0.05, 0) is 66.1 Å². The summed E-state index contributed by atoms with van der Waals surface area (Å²) in [5, 5.41) is 7.86. The fourth-order valence-electron chi connectivity index (χ4n) is 6.30. The number of ether oxygens (including phenoxy) is 3. The van der Waals surface area contributed by atoms with Gasteiger partial charge in [-0.3, -0.25) is 4.98 Å². The zero-order valence-corrected chi connectivity index (χ0v) is 26.1. The van der Waals surface area contributed by atoms with Crippen LogP contribution in [0, 0.1) is 17.6 Å². The number of fused-ring (bicyclic) bond motifs is 1. The minimum Gasteiger partial charge on any atom is -0.375 e. The third kappa shape index (κ3) is 6.29. The van der Waals surface area contributed by atoms with Crippen molar-refractivity contribution >= 4 is 27.0 Å². The van der Waals surface area contributed by atoms with Gasteiger partial charge in [-0.25, -0.2) is 22.2 Å². The SMILES string of the molecule is COC1(c2cc(F)c(-c3ccc4cnc(Nc5cnccc5C5CC(C)C(OCCS(C)(=O)=O)C(N)C5)n4n3)c(F)c2)COC1. The minimum atomic E-state index is -3.13. The number of anilines is 2. The maximum atomic E-state index is 15.4. The average Bonchev–Trinajstić information content (AvgIpc) is 3.35. The van der Waals surface area contributed by atoms with E-state index >= 15 is 8.78 Å².